The molecule has 10 heteroatoms. The zero-order valence-corrected chi connectivity index (χ0v) is 17.4. The van der Waals surface area contributed by atoms with E-state index in [2.05, 4.69) is 10.2 Å². The number of nitrogens with zero attached hydrogens (tertiary/aromatic N) is 3. The molecule has 0 radical (unpaired) electrons. The molecule has 3 fully saturated rings. The van der Waals surface area contributed by atoms with Gasteiger partial charge in [0, 0.05) is 31.3 Å². The van der Waals surface area contributed by atoms with Crippen molar-refractivity contribution in [3.05, 3.63) is 41.2 Å². The molecule has 2 aliphatic heterocycles. The summed E-state index contributed by atoms with van der Waals surface area (Å²) >= 11 is 0. The van der Waals surface area contributed by atoms with Crippen molar-refractivity contribution in [2.75, 3.05) is 37.6 Å². The molecule has 1 saturated carbocycles. The molecule has 1 unspecified atom stereocenters. The number of nitrogens with one attached hydrogen (secondary N) is 1. The van der Waals surface area contributed by atoms with Gasteiger partial charge in [-0.1, -0.05) is 0 Å². The molecular formula is C20H24ClN5O4. The molecular weight excluding hydrogens is 410 g/mol. The number of halogens is 1. The molecule has 2 saturated heterocycles. The van der Waals surface area contributed by atoms with E-state index in [1.807, 2.05) is 24.3 Å². The van der Waals surface area contributed by atoms with Gasteiger partial charge in [0.2, 0.25) is 11.8 Å². The number of ether oxygens (including phenoxy) is 1. The van der Waals surface area contributed by atoms with Crippen LogP contribution in [0.25, 0.3) is 4.85 Å². The van der Waals surface area contributed by atoms with Gasteiger partial charge < -0.3 is 25.5 Å². The van der Waals surface area contributed by atoms with Crippen molar-refractivity contribution in [2.45, 2.75) is 18.6 Å². The van der Waals surface area contributed by atoms with Crippen molar-refractivity contribution in [3.8, 4) is 0 Å². The van der Waals surface area contributed by atoms with E-state index in [0.29, 0.717) is 25.3 Å². The van der Waals surface area contributed by atoms with Crippen LogP contribution in [0, 0.1) is 18.4 Å². The lowest BCUT2D eigenvalue weighted by Crippen LogP contribution is -2.38. The van der Waals surface area contributed by atoms with Crippen LogP contribution in [0.3, 0.4) is 0 Å². The van der Waals surface area contributed by atoms with E-state index in [1.54, 1.807) is 4.90 Å². The van der Waals surface area contributed by atoms with Gasteiger partial charge in [0.25, 0.3) is 5.54 Å². The summed E-state index contributed by atoms with van der Waals surface area (Å²) in [6, 6.07) is 7.41. The minimum absolute atomic E-state index is 0. The van der Waals surface area contributed by atoms with Gasteiger partial charge >= 0.3 is 6.09 Å². The average molecular weight is 434 g/mol. The van der Waals surface area contributed by atoms with E-state index < -0.39 is 17.7 Å². The standard InChI is InChI=1S/C20H23N5O4.ClH/c1-12(26)23-8-15-9-25(19(28)29-15)14-5-3-13(4-6-14)20(22-2)16-10-24(11-17(16)20)18(27)7-21;/h3-6,15-17H,7-11,21H2,1H3,(H,23,26);1H/t15-,16-,17+,20?;/m0./s1. The minimum atomic E-state index is -0.594. The highest BCUT2D eigenvalue weighted by molar-refractivity contribution is 5.90. The first-order valence-corrected chi connectivity index (χ1v) is 9.60. The highest BCUT2D eigenvalue weighted by atomic mass is 35.5. The Morgan fingerprint density at radius 1 is 1.27 bits per heavy atom. The van der Waals surface area contributed by atoms with Crippen LogP contribution in [0.1, 0.15) is 12.5 Å². The zero-order valence-electron chi connectivity index (χ0n) is 16.5. The Balaban J connectivity index is 0.00000256. The quantitative estimate of drug-likeness (QED) is 0.665. The van der Waals surface area contributed by atoms with Crippen molar-refractivity contribution < 1.29 is 19.1 Å². The van der Waals surface area contributed by atoms with Crippen molar-refractivity contribution in [1.82, 2.24) is 10.2 Å². The second kappa shape index (κ2) is 8.13. The lowest BCUT2D eigenvalue weighted by molar-refractivity contribution is -0.129. The molecule has 160 valence electrons. The van der Waals surface area contributed by atoms with Gasteiger partial charge in [0.05, 0.1) is 31.5 Å². The topological polar surface area (TPSA) is 109 Å². The van der Waals surface area contributed by atoms with Crippen LogP contribution in [-0.4, -0.2) is 61.6 Å². The fraction of sp³-hybridized carbons (Fsp3) is 0.500. The molecule has 3 aliphatic rings. The Morgan fingerprint density at radius 3 is 2.43 bits per heavy atom. The third kappa shape index (κ3) is 3.46. The molecule has 1 aliphatic carbocycles. The fourth-order valence-electron chi connectivity index (χ4n) is 4.60. The van der Waals surface area contributed by atoms with Crippen molar-refractivity contribution >= 4 is 36.0 Å². The first-order valence-electron chi connectivity index (χ1n) is 9.60. The van der Waals surface area contributed by atoms with Gasteiger partial charge in [0.15, 0.2) is 0 Å². The van der Waals surface area contributed by atoms with E-state index in [4.69, 9.17) is 17.0 Å². The van der Waals surface area contributed by atoms with Gasteiger partial charge in [-0.15, -0.1) is 12.4 Å². The Hall–Kier alpha value is -2.83. The van der Waals surface area contributed by atoms with Crippen LogP contribution >= 0.6 is 12.4 Å². The van der Waals surface area contributed by atoms with Crippen LogP contribution in [0.5, 0.6) is 0 Å². The molecule has 4 rings (SSSR count). The number of benzene rings is 1. The summed E-state index contributed by atoms with van der Waals surface area (Å²) in [4.78, 5) is 42.2. The monoisotopic (exact) mass is 433 g/mol. The summed E-state index contributed by atoms with van der Waals surface area (Å²) in [5.41, 5.74) is 6.45. The number of piperidine rings is 1. The van der Waals surface area contributed by atoms with Gasteiger partial charge in [-0.2, -0.15) is 0 Å². The predicted octanol–water partition coefficient (Wildman–Crippen LogP) is 0.731. The Kier molecular flexibility index (Phi) is 5.92. The van der Waals surface area contributed by atoms with Crippen molar-refractivity contribution in [1.29, 1.82) is 0 Å². The van der Waals surface area contributed by atoms with Crippen LogP contribution in [0.15, 0.2) is 24.3 Å². The van der Waals surface area contributed by atoms with E-state index in [-0.39, 0.29) is 49.1 Å². The van der Waals surface area contributed by atoms with Crippen LogP contribution in [-0.2, 0) is 19.9 Å². The number of amides is 3. The van der Waals surface area contributed by atoms with E-state index in [9.17, 15) is 14.4 Å². The Bertz CT molecular complexity index is 887. The van der Waals surface area contributed by atoms with Gasteiger partial charge in [-0.3, -0.25) is 14.5 Å². The van der Waals surface area contributed by atoms with Crippen molar-refractivity contribution in [3.63, 3.8) is 0 Å². The highest BCUT2D eigenvalue weighted by Gasteiger charge is 2.77. The first-order chi connectivity index (χ1) is 13.9. The number of likely N-dealkylation sites (tertiary alicyclic amines) is 1. The molecule has 0 spiro atoms. The van der Waals surface area contributed by atoms with Crippen molar-refractivity contribution in [2.24, 2.45) is 17.6 Å². The summed E-state index contributed by atoms with van der Waals surface area (Å²) < 4.78 is 5.29. The summed E-state index contributed by atoms with van der Waals surface area (Å²) in [7, 11) is 0. The number of carbonyl (C=O) groups excluding carboxylic acids is 3. The molecule has 9 nitrogen and oxygen atoms in total. The van der Waals surface area contributed by atoms with Crippen LogP contribution in [0.2, 0.25) is 0 Å². The molecule has 3 N–H and O–H groups in total. The summed E-state index contributed by atoms with van der Waals surface area (Å²) in [5, 5.41) is 2.65. The number of nitrogens with two attached hydrogens (primary N) is 1. The lowest BCUT2D eigenvalue weighted by Gasteiger charge is -2.21. The largest absolute Gasteiger partial charge is 0.442 e. The van der Waals surface area contributed by atoms with E-state index in [0.717, 1.165) is 5.56 Å². The lowest BCUT2D eigenvalue weighted by atomic mass is 9.99. The van der Waals surface area contributed by atoms with Crippen LogP contribution in [0.4, 0.5) is 10.5 Å². The molecule has 0 bridgehead atoms. The number of fused-ring (bicyclic) bond motifs is 1. The molecule has 1 aromatic rings. The molecule has 1 aromatic carbocycles. The predicted molar refractivity (Wildman–Crippen MR) is 111 cm³/mol. The number of carbonyl (C=O) groups is 3. The molecule has 3 amide bonds. The van der Waals surface area contributed by atoms with E-state index >= 15 is 0 Å². The minimum Gasteiger partial charge on any atom is -0.442 e. The maximum Gasteiger partial charge on any atom is 0.414 e. The maximum absolute atomic E-state index is 12.2. The maximum atomic E-state index is 12.2. The second-order valence-corrected chi connectivity index (χ2v) is 7.75. The molecule has 0 aromatic heterocycles. The number of hydrogen-bond donors (Lipinski definition) is 2. The number of rotatable bonds is 5. The Labute approximate surface area is 180 Å². The molecule has 2 heterocycles. The second-order valence-electron chi connectivity index (χ2n) is 7.75. The van der Waals surface area contributed by atoms with E-state index in [1.165, 1.54) is 11.8 Å². The average Bonchev–Trinajstić information content (AvgIpc) is 3.02. The third-order valence-corrected chi connectivity index (χ3v) is 6.15. The summed E-state index contributed by atoms with van der Waals surface area (Å²) in [6.07, 6.45) is -0.846. The Morgan fingerprint density at radius 2 is 1.90 bits per heavy atom. The molecule has 4 atom stereocenters. The normalized spacial score (nSPS) is 28.8. The third-order valence-electron chi connectivity index (χ3n) is 6.15. The fourth-order valence-corrected chi connectivity index (χ4v) is 4.60. The SMILES string of the molecule is Cl.[C-]#[N+]C1(c2ccc(N3C[C@H](CNC(C)=O)OC3=O)cc2)[C@@H]2CN(C(=O)CN)C[C@@H]21. The number of cyclic esters (lactones) is 1. The number of anilines is 1. The number of hydrogen-bond acceptors (Lipinski definition) is 5. The summed E-state index contributed by atoms with van der Waals surface area (Å²) in [6.45, 7) is 10.9. The van der Waals surface area contributed by atoms with Gasteiger partial charge in [-0.05, 0) is 24.3 Å². The molecule has 30 heavy (non-hydrogen) atoms. The highest BCUT2D eigenvalue weighted by Crippen LogP contribution is 2.64. The van der Waals surface area contributed by atoms with Gasteiger partial charge in [0.1, 0.15) is 6.10 Å². The summed E-state index contributed by atoms with van der Waals surface area (Å²) in [5.74, 6) is 0.00284. The van der Waals surface area contributed by atoms with Gasteiger partial charge in [-0.25, -0.2) is 11.4 Å². The first kappa shape index (κ1) is 21.9. The zero-order chi connectivity index (χ0) is 20.8. The van der Waals surface area contributed by atoms with Crippen LogP contribution < -0.4 is 16.0 Å². The smallest absolute Gasteiger partial charge is 0.414 e.